The van der Waals surface area contributed by atoms with Crippen molar-refractivity contribution in [3.05, 3.63) is 11.9 Å². The Bertz CT molecular complexity index is 289. The number of hydrogen-bond acceptors (Lipinski definition) is 3. The summed E-state index contributed by atoms with van der Waals surface area (Å²) in [6.07, 6.45) is 6.81. The summed E-state index contributed by atoms with van der Waals surface area (Å²) in [6, 6.07) is 0. The lowest BCUT2D eigenvalue weighted by molar-refractivity contribution is 0.366. The number of nitrogens with zero attached hydrogens (tertiary/aromatic N) is 3. The molecule has 1 aromatic heterocycles. The molecule has 0 saturated carbocycles. The molecule has 0 bridgehead atoms. The summed E-state index contributed by atoms with van der Waals surface area (Å²) in [7, 11) is 0. The first-order chi connectivity index (χ1) is 7.40. The van der Waals surface area contributed by atoms with Crippen LogP contribution in [0.15, 0.2) is 6.20 Å². The molecule has 1 fully saturated rings. The van der Waals surface area contributed by atoms with Crippen LogP contribution in [0.5, 0.6) is 0 Å². The maximum absolute atomic E-state index is 4.12. The molecule has 0 amide bonds. The highest BCUT2D eigenvalue weighted by molar-refractivity contribution is 4.96. The number of piperidine rings is 1. The molecule has 0 aromatic carbocycles. The van der Waals surface area contributed by atoms with Crippen molar-refractivity contribution in [3.8, 4) is 0 Å². The zero-order chi connectivity index (χ0) is 10.5. The van der Waals surface area contributed by atoms with Crippen molar-refractivity contribution in [3.63, 3.8) is 0 Å². The molecule has 1 unspecified atom stereocenters. The van der Waals surface area contributed by atoms with Crippen LogP contribution in [0.2, 0.25) is 0 Å². The zero-order valence-electron chi connectivity index (χ0n) is 9.45. The van der Waals surface area contributed by atoms with Gasteiger partial charge < -0.3 is 5.32 Å². The summed E-state index contributed by atoms with van der Waals surface area (Å²) < 4.78 is 2.05. The van der Waals surface area contributed by atoms with E-state index in [1.807, 2.05) is 6.20 Å². The summed E-state index contributed by atoms with van der Waals surface area (Å²) >= 11 is 0. The first-order valence-electron chi connectivity index (χ1n) is 5.98. The van der Waals surface area contributed by atoms with Gasteiger partial charge in [0.2, 0.25) is 0 Å². The van der Waals surface area contributed by atoms with E-state index < -0.39 is 0 Å². The van der Waals surface area contributed by atoms with Gasteiger partial charge in [-0.25, -0.2) is 4.68 Å². The third-order valence-corrected chi connectivity index (χ3v) is 3.03. The molecule has 2 heterocycles. The fraction of sp³-hybridized carbons (Fsp3) is 0.818. The molecule has 2 rings (SSSR count). The normalized spacial score (nSPS) is 21.8. The molecule has 1 atom stereocenters. The maximum atomic E-state index is 4.12. The van der Waals surface area contributed by atoms with E-state index >= 15 is 0 Å². The first kappa shape index (κ1) is 10.6. The van der Waals surface area contributed by atoms with Crippen LogP contribution in [0.1, 0.15) is 31.9 Å². The van der Waals surface area contributed by atoms with Gasteiger partial charge in [-0.15, -0.1) is 5.10 Å². The van der Waals surface area contributed by atoms with Gasteiger partial charge in [-0.3, -0.25) is 0 Å². The average Bonchev–Trinajstić information content (AvgIpc) is 2.68. The van der Waals surface area contributed by atoms with Crippen LogP contribution in [0.3, 0.4) is 0 Å². The van der Waals surface area contributed by atoms with E-state index in [4.69, 9.17) is 0 Å². The third-order valence-electron chi connectivity index (χ3n) is 3.03. The molecule has 1 N–H and O–H groups in total. The molecule has 15 heavy (non-hydrogen) atoms. The predicted octanol–water partition coefficient (Wildman–Crippen LogP) is 1.23. The SMILES string of the molecule is CCCn1nncc1CC1CCCNC1. The van der Waals surface area contributed by atoms with Crippen LogP contribution < -0.4 is 5.32 Å². The molecule has 0 spiro atoms. The molecular formula is C11H20N4. The molecular weight excluding hydrogens is 188 g/mol. The molecule has 1 aromatic rings. The Kier molecular flexibility index (Phi) is 3.72. The van der Waals surface area contributed by atoms with E-state index in [9.17, 15) is 0 Å². The van der Waals surface area contributed by atoms with Gasteiger partial charge in [-0.2, -0.15) is 0 Å². The zero-order valence-corrected chi connectivity index (χ0v) is 9.45. The third kappa shape index (κ3) is 2.78. The quantitative estimate of drug-likeness (QED) is 0.809. The van der Waals surface area contributed by atoms with Gasteiger partial charge in [0.15, 0.2) is 0 Å². The molecule has 1 saturated heterocycles. The topological polar surface area (TPSA) is 42.7 Å². The minimum atomic E-state index is 0.771. The number of nitrogens with one attached hydrogen (secondary N) is 1. The van der Waals surface area contributed by atoms with Crippen LogP contribution >= 0.6 is 0 Å². The predicted molar refractivity (Wildman–Crippen MR) is 59.6 cm³/mol. The smallest absolute Gasteiger partial charge is 0.0725 e. The van der Waals surface area contributed by atoms with Crippen molar-refractivity contribution < 1.29 is 0 Å². The molecule has 1 aliphatic heterocycles. The summed E-state index contributed by atoms with van der Waals surface area (Å²) in [6.45, 7) is 5.50. The largest absolute Gasteiger partial charge is 0.316 e. The Morgan fingerprint density at radius 3 is 3.27 bits per heavy atom. The Balaban J connectivity index is 1.93. The van der Waals surface area contributed by atoms with E-state index in [1.165, 1.54) is 25.1 Å². The second-order valence-corrected chi connectivity index (χ2v) is 4.36. The van der Waals surface area contributed by atoms with Gasteiger partial charge in [0.05, 0.1) is 11.9 Å². The van der Waals surface area contributed by atoms with Gasteiger partial charge in [0, 0.05) is 6.54 Å². The Morgan fingerprint density at radius 1 is 1.60 bits per heavy atom. The average molecular weight is 208 g/mol. The highest BCUT2D eigenvalue weighted by Gasteiger charge is 2.15. The van der Waals surface area contributed by atoms with E-state index in [0.717, 1.165) is 31.8 Å². The summed E-state index contributed by atoms with van der Waals surface area (Å²) in [5.41, 5.74) is 1.30. The molecule has 4 nitrogen and oxygen atoms in total. The van der Waals surface area contributed by atoms with Gasteiger partial charge in [0.1, 0.15) is 0 Å². The highest BCUT2D eigenvalue weighted by atomic mass is 15.4. The Morgan fingerprint density at radius 2 is 2.53 bits per heavy atom. The van der Waals surface area contributed by atoms with Crippen molar-refractivity contribution in [1.82, 2.24) is 20.3 Å². The molecule has 4 heteroatoms. The van der Waals surface area contributed by atoms with Crippen LogP contribution in [0.4, 0.5) is 0 Å². The van der Waals surface area contributed by atoms with Crippen molar-refractivity contribution in [2.24, 2.45) is 5.92 Å². The Labute approximate surface area is 91.1 Å². The molecule has 1 aliphatic rings. The second kappa shape index (κ2) is 5.26. The lowest BCUT2D eigenvalue weighted by Gasteiger charge is -2.22. The molecule has 0 aliphatic carbocycles. The number of hydrogen-bond donors (Lipinski definition) is 1. The standard InChI is InChI=1S/C11H20N4/c1-2-6-15-11(9-13-14-15)7-10-4-3-5-12-8-10/h9-10,12H,2-8H2,1H3. The highest BCUT2D eigenvalue weighted by Crippen LogP contribution is 2.15. The summed E-state index contributed by atoms with van der Waals surface area (Å²) in [5, 5.41) is 11.6. The minimum absolute atomic E-state index is 0.771. The van der Waals surface area contributed by atoms with Crippen LogP contribution in [0, 0.1) is 5.92 Å². The fourth-order valence-corrected chi connectivity index (χ4v) is 2.23. The monoisotopic (exact) mass is 208 g/mol. The number of aryl methyl sites for hydroxylation is 1. The number of aromatic nitrogens is 3. The van der Waals surface area contributed by atoms with Crippen LogP contribution in [-0.2, 0) is 13.0 Å². The van der Waals surface area contributed by atoms with Gasteiger partial charge in [-0.1, -0.05) is 12.1 Å². The van der Waals surface area contributed by atoms with Crippen molar-refractivity contribution in [1.29, 1.82) is 0 Å². The Hall–Kier alpha value is -0.900. The fourth-order valence-electron chi connectivity index (χ4n) is 2.23. The van der Waals surface area contributed by atoms with Crippen LogP contribution in [0.25, 0.3) is 0 Å². The lowest BCUT2D eigenvalue weighted by Crippen LogP contribution is -2.31. The van der Waals surface area contributed by atoms with Crippen molar-refractivity contribution in [2.45, 2.75) is 39.2 Å². The van der Waals surface area contributed by atoms with Crippen molar-refractivity contribution >= 4 is 0 Å². The maximum Gasteiger partial charge on any atom is 0.0725 e. The van der Waals surface area contributed by atoms with Crippen molar-refractivity contribution in [2.75, 3.05) is 13.1 Å². The van der Waals surface area contributed by atoms with Gasteiger partial charge in [0.25, 0.3) is 0 Å². The number of rotatable bonds is 4. The van der Waals surface area contributed by atoms with E-state index in [2.05, 4.69) is 27.2 Å². The molecule has 0 radical (unpaired) electrons. The second-order valence-electron chi connectivity index (χ2n) is 4.36. The summed E-state index contributed by atoms with van der Waals surface area (Å²) in [4.78, 5) is 0. The summed E-state index contributed by atoms with van der Waals surface area (Å²) in [5.74, 6) is 0.771. The van der Waals surface area contributed by atoms with Gasteiger partial charge >= 0.3 is 0 Å². The lowest BCUT2D eigenvalue weighted by atomic mass is 9.95. The minimum Gasteiger partial charge on any atom is -0.316 e. The van der Waals surface area contributed by atoms with E-state index in [-0.39, 0.29) is 0 Å². The van der Waals surface area contributed by atoms with Gasteiger partial charge in [-0.05, 0) is 44.7 Å². The van der Waals surface area contributed by atoms with Crippen LogP contribution in [-0.4, -0.2) is 28.1 Å². The first-order valence-corrected chi connectivity index (χ1v) is 5.98. The molecule has 84 valence electrons. The van der Waals surface area contributed by atoms with E-state index in [1.54, 1.807) is 0 Å². The van der Waals surface area contributed by atoms with E-state index in [0.29, 0.717) is 0 Å².